The van der Waals surface area contributed by atoms with E-state index in [0.717, 1.165) is 60.1 Å². The molecule has 1 unspecified atom stereocenters. The number of aromatic amines is 1. The number of hydrogen-bond donors (Lipinski definition) is 1. The van der Waals surface area contributed by atoms with E-state index in [-0.39, 0.29) is 11.6 Å². The molecule has 8 heteroatoms. The molecular formula is C26H36N6O2. The number of nitrogens with one attached hydrogen (secondary N) is 1. The number of methoxy groups -OCH3 is 1. The molecule has 0 amide bonds. The quantitative estimate of drug-likeness (QED) is 0.509. The van der Waals surface area contributed by atoms with Gasteiger partial charge in [-0.05, 0) is 66.1 Å². The van der Waals surface area contributed by atoms with Crippen LogP contribution >= 0.6 is 0 Å². The molecule has 5 rings (SSSR count). The predicted octanol–water partition coefficient (Wildman–Crippen LogP) is 4.92. The number of H-pyrrole nitrogens is 1. The van der Waals surface area contributed by atoms with Gasteiger partial charge in [0.05, 0.1) is 24.7 Å². The van der Waals surface area contributed by atoms with Crippen LogP contribution in [0.3, 0.4) is 0 Å². The smallest absolute Gasteiger partial charge is 0.252 e. The van der Waals surface area contributed by atoms with Gasteiger partial charge < -0.3 is 9.72 Å². The van der Waals surface area contributed by atoms with Gasteiger partial charge in [0.15, 0.2) is 5.82 Å². The lowest BCUT2D eigenvalue weighted by Crippen LogP contribution is -2.41. The van der Waals surface area contributed by atoms with E-state index < -0.39 is 0 Å². The van der Waals surface area contributed by atoms with Gasteiger partial charge in [0.2, 0.25) is 0 Å². The number of rotatable bonds is 8. The van der Waals surface area contributed by atoms with Crippen LogP contribution < -0.4 is 10.3 Å². The van der Waals surface area contributed by atoms with Gasteiger partial charge in [0.25, 0.3) is 5.56 Å². The fraction of sp³-hybridized carbons (Fsp3) is 0.615. The van der Waals surface area contributed by atoms with Gasteiger partial charge in [-0.3, -0.25) is 9.69 Å². The summed E-state index contributed by atoms with van der Waals surface area (Å²) >= 11 is 0. The van der Waals surface area contributed by atoms with E-state index in [1.807, 2.05) is 24.3 Å². The third-order valence-corrected chi connectivity index (χ3v) is 7.80. The average Bonchev–Trinajstić information content (AvgIpc) is 3.57. The van der Waals surface area contributed by atoms with Crippen LogP contribution in [0.15, 0.2) is 29.1 Å². The van der Waals surface area contributed by atoms with Gasteiger partial charge in [-0.1, -0.05) is 39.0 Å². The Balaban J connectivity index is 1.51. The van der Waals surface area contributed by atoms with E-state index in [4.69, 9.17) is 4.74 Å². The summed E-state index contributed by atoms with van der Waals surface area (Å²) in [6.45, 7) is 2.81. The Morgan fingerprint density at radius 1 is 1.12 bits per heavy atom. The van der Waals surface area contributed by atoms with E-state index in [2.05, 4.69) is 37.0 Å². The van der Waals surface area contributed by atoms with Crippen molar-refractivity contribution in [1.29, 1.82) is 0 Å². The molecule has 0 spiro atoms. The lowest BCUT2D eigenvalue weighted by molar-refractivity contribution is 0.0830. The molecule has 1 aromatic carbocycles. The number of nitrogens with zero attached hydrogens (tertiary/aromatic N) is 5. The van der Waals surface area contributed by atoms with Gasteiger partial charge >= 0.3 is 0 Å². The molecule has 0 bridgehead atoms. The second kappa shape index (κ2) is 10.3. The molecule has 2 aromatic heterocycles. The highest BCUT2D eigenvalue weighted by molar-refractivity contribution is 5.80. The predicted molar refractivity (Wildman–Crippen MR) is 132 cm³/mol. The van der Waals surface area contributed by atoms with Crippen LogP contribution in [0.4, 0.5) is 0 Å². The molecule has 2 fully saturated rings. The van der Waals surface area contributed by atoms with Crippen molar-refractivity contribution in [2.75, 3.05) is 7.11 Å². The third kappa shape index (κ3) is 4.60. The number of tetrazole rings is 1. The topological polar surface area (TPSA) is 88.9 Å². The van der Waals surface area contributed by atoms with E-state index in [1.54, 1.807) is 7.11 Å². The molecule has 0 saturated heterocycles. The number of aromatic nitrogens is 5. The van der Waals surface area contributed by atoms with Crippen LogP contribution in [-0.2, 0) is 6.54 Å². The minimum atomic E-state index is -0.0354. The van der Waals surface area contributed by atoms with Crippen LogP contribution in [0.1, 0.15) is 94.6 Å². The molecular weight excluding hydrogens is 428 g/mol. The zero-order chi connectivity index (χ0) is 23.5. The summed E-state index contributed by atoms with van der Waals surface area (Å²) in [6.07, 6.45) is 11.8. The van der Waals surface area contributed by atoms with Crippen LogP contribution in [0.5, 0.6) is 5.75 Å². The first-order chi connectivity index (χ1) is 16.7. The lowest BCUT2D eigenvalue weighted by atomic mass is 9.92. The Labute approximate surface area is 200 Å². The average molecular weight is 465 g/mol. The molecule has 3 aromatic rings. The molecule has 2 aliphatic carbocycles. The Morgan fingerprint density at radius 2 is 1.88 bits per heavy atom. The Hall–Kier alpha value is -2.74. The maximum absolute atomic E-state index is 13.2. The van der Waals surface area contributed by atoms with E-state index >= 15 is 0 Å². The second-order valence-electron chi connectivity index (χ2n) is 9.89. The van der Waals surface area contributed by atoms with Crippen LogP contribution in [0.2, 0.25) is 0 Å². The molecule has 2 heterocycles. The van der Waals surface area contributed by atoms with Gasteiger partial charge in [0.1, 0.15) is 5.75 Å². The fourth-order valence-electron chi connectivity index (χ4n) is 5.97. The SMILES string of the molecule is CCC(c1nnnn1C1CCCC1)N(Cc1cc2ccc(OC)cc2[nH]c1=O)C1CCCCC1. The standard InChI is InChI=1S/C26H36N6O2/c1-3-24(25-28-29-30-32(25)21-11-7-8-12-21)31(20-9-5-4-6-10-20)17-19-15-18-13-14-22(34-2)16-23(18)27-26(19)33/h13-16,20-21,24H,3-12,17H2,1-2H3,(H,27,33). The fourth-order valence-corrected chi connectivity index (χ4v) is 5.97. The summed E-state index contributed by atoms with van der Waals surface area (Å²) in [5, 5.41) is 14.1. The van der Waals surface area contributed by atoms with Gasteiger partial charge in [-0.2, -0.15) is 0 Å². The summed E-state index contributed by atoms with van der Waals surface area (Å²) in [5.74, 6) is 1.70. The molecule has 1 N–H and O–H groups in total. The Morgan fingerprint density at radius 3 is 2.62 bits per heavy atom. The van der Waals surface area contributed by atoms with E-state index in [9.17, 15) is 4.79 Å². The van der Waals surface area contributed by atoms with Crippen LogP contribution in [0, 0.1) is 0 Å². The van der Waals surface area contributed by atoms with Crippen LogP contribution in [0.25, 0.3) is 10.9 Å². The molecule has 0 aliphatic heterocycles. The van der Waals surface area contributed by atoms with Crippen LogP contribution in [-0.4, -0.2) is 43.2 Å². The van der Waals surface area contributed by atoms with Crippen molar-refractivity contribution in [3.8, 4) is 5.75 Å². The maximum Gasteiger partial charge on any atom is 0.252 e. The summed E-state index contributed by atoms with van der Waals surface area (Å²) in [6, 6.07) is 8.78. The number of ether oxygens (including phenoxy) is 1. The largest absolute Gasteiger partial charge is 0.497 e. The van der Waals surface area contributed by atoms with Gasteiger partial charge in [0, 0.05) is 24.2 Å². The van der Waals surface area contributed by atoms with Crippen molar-refractivity contribution in [3.05, 3.63) is 46.0 Å². The summed E-state index contributed by atoms with van der Waals surface area (Å²) in [5.41, 5.74) is 1.56. The van der Waals surface area contributed by atoms with Crippen molar-refractivity contribution in [1.82, 2.24) is 30.1 Å². The number of fused-ring (bicyclic) bond motifs is 1. The first-order valence-corrected chi connectivity index (χ1v) is 12.9. The van der Waals surface area contributed by atoms with Crippen molar-refractivity contribution >= 4 is 10.9 Å². The zero-order valence-corrected chi connectivity index (χ0v) is 20.4. The number of pyridine rings is 1. The van der Waals surface area contributed by atoms with Crippen molar-refractivity contribution in [2.24, 2.45) is 0 Å². The highest BCUT2D eigenvalue weighted by Crippen LogP contribution is 2.36. The summed E-state index contributed by atoms with van der Waals surface area (Å²) < 4.78 is 7.42. The number of hydrogen-bond acceptors (Lipinski definition) is 6. The van der Waals surface area contributed by atoms with E-state index in [1.165, 1.54) is 32.1 Å². The Bertz CT molecular complexity index is 1160. The van der Waals surface area contributed by atoms with Crippen molar-refractivity contribution in [2.45, 2.75) is 95.8 Å². The number of benzene rings is 1. The van der Waals surface area contributed by atoms with Gasteiger partial charge in [-0.25, -0.2) is 4.68 Å². The molecule has 2 saturated carbocycles. The summed E-state index contributed by atoms with van der Waals surface area (Å²) in [4.78, 5) is 18.8. The third-order valence-electron chi connectivity index (χ3n) is 7.80. The maximum atomic E-state index is 13.2. The monoisotopic (exact) mass is 464 g/mol. The van der Waals surface area contributed by atoms with Gasteiger partial charge in [-0.15, -0.1) is 5.10 Å². The Kier molecular flexibility index (Phi) is 6.94. The highest BCUT2D eigenvalue weighted by atomic mass is 16.5. The minimum Gasteiger partial charge on any atom is -0.497 e. The minimum absolute atomic E-state index is 0.0354. The van der Waals surface area contributed by atoms with Crippen molar-refractivity contribution in [3.63, 3.8) is 0 Å². The van der Waals surface area contributed by atoms with E-state index in [0.29, 0.717) is 18.6 Å². The lowest BCUT2D eigenvalue weighted by Gasteiger charge is -2.39. The normalized spacial score (nSPS) is 18.7. The summed E-state index contributed by atoms with van der Waals surface area (Å²) in [7, 11) is 1.64. The molecule has 0 radical (unpaired) electrons. The second-order valence-corrected chi connectivity index (χ2v) is 9.89. The van der Waals surface area contributed by atoms with Crippen molar-refractivity contribution < 1.29 is 4.74 Å². The first-order valence-electron chi connectivity index (χ1n) is 12.9. The molecule has 2 aliphatic rings. The zero-order valence-electron chi connectivity index (χ0n) is 20.4. The molecule has 34 heavy (non-hydrogen) atoms. The molecule has 1 atom stereocenters. The first kappa shape index (κ1) is 23.0. The molecule has 182 valence electrons. The highest BCUT2D eigenvalue weighted by Gasteiger charge is 2.33. The molecule has 8 nitrogen and oxygen atoms in total.